The second kappa shape index (κ2) is 9.21. The average Bonchev–Trinajstić information content (AvgIpc) is 2.41. The van der Waals surface area contributed by atoms with E-state index in [0.717, 1.165) is 18.0 Å². The fraction of sp³-hybridized carbons (Fsp3) is 0.562. The van der Waals surface area contributed by atoms with Gasteiger partial charge in [0.25, 0.3) is 0 Å². The van der Waals surface area contributed by atoms with E-state index in [4.69, 9.17) is 16.3 Å². The Labute approximate surface area is 136 Å². The molecule has 1 aromatic rings. The molecular weight excluding hydrogens is 306 g/mol. The van der Waals surface area contributed by atoms with E-state index in [2.05, 4.69) is 26.1 Å². The van der Waals surface area contributed by atoms with Crippen LogP contribution in [-0.4, -0.2) is 29.6 Å². The Morgan fingerprint density at radius 3 is 2.57 bits per heavy atom. The van der Waals surface area contributed by atoms with E-state index in [9.17, 15) is 4.79 Å². The summed E-state index contributed by atoms with van der Waals surface area (Å²) in [5.41, 5.74) is 0. The molecular formula is C16H24ClNO2S. The second-order valence-electron chi connectivity index (χ2n) is 5.72. The van der Waals surface area contributed by atoms with Crippen LogP contribution in [0.3, 0.4) is 0 Å². The molecule has 0 saturated carbocycles. The molecule has 3 nitrogen and oxygen atoms in total. The van der Waals surface area contributed by atoms with E-state index >= 15 is 0 Å². The van der Waals surface area contributed by atoms with Gasteiger partial charge in [0.1, 0.15) is 5.75 Å². The summed E-state index contributed by atoms with van der Waals surface area (Å²) in [6.07, 6.45) is 1.20. The van der Waals surface area contributed by atoms with Gasteiger partial charge in [0.15, 0.2) is 0 Å². The van der Waals surface area contributed by atoms with Gasteiger partial charge in [-0.25, -0.2) is 0 Å². The molecule has 0 atom stereocenters. The Balaban J connectivity index is 2.04. The maximum atomic E-state index is 11.6. The second-order valence-corrected chi connectivity index (χ2v) is 8.07. The zero-order chi connectivity index (χ0) is 15.7. The van der Waals surface area contributed by atoms with Crippen molar-refractivity contribution >= 4 is 29.3 Å². The van der Waals surface area contributed by atoms with Crippen LogP contribution in [0.2, 0.25) is 5.02 Å². The molecule has 0 radical (unpaired) electrons. The smallest absolute Gasteiger partial charge is 0.220 e. The van der Waals surface area contributed by atoms with Gasteiger partial charge in [0.2, 0.25) is 5.91 Å². The zero-order valence-electron chi connectivity index (χ0n) is 12.9. The lowest BCUT2D eigenvalue weighted by molar-refractivity contribution is -0.121. The van der Waals surface area contributed by atoms with Crippen LogP contribution in [0.25, 0.3) is 0 Å². The van der Waals surface area contributed by atoms with Crippen molar-refractivity contribution in [2.75, 3.05) is 18.9 Å². The molecule has 0 aliphatic rings. The number of rotatable bonds is 8. The monoisotopic (exact) mass is 329 g/mol. The minimum Gasteiger partial charge on any atom is -0.494 e. The van der Waals surface area contributed by atoms with Gasteiger partial charge >= 0.3 is 0 Å². The third kappa shape index (κ3) is 9.64. The van der Waals surface area contributed by atoms with Crippen LogP contribution < -0.4 is 10.1 Å². The molecule has 0 fully saturated rings. The maximum Gasteiger partial charge on any atom is 0.220 e. The highest BCUT2D eigenvalue weighted by Gasteiger charge is 2.09. The zero-order valence-corrected chi connectivity index (χ0v) is 14.5. The van der Waals surface area contributed by atoms with Crippen molar-refractivity contribution in [2.45, 2.75) is 38.4 Å². The normalized spacial score (nSPS) is 11.2. The standard InChI is InChI=1S/C16H24ClNO2S/c1-16(2,3)21-12-10-18-15(19)5-4-11-20-14-8-6-13(17)7-9-14/h6-9H,4-5,10-12H2,1-3H3,(H,18,19). The molecule has 0 aliphatic heterocycles. The predicted octanol–water partition coefficient (Wildman–Crippen LogP) is 4.15. The maximum absolute atomic E-state index is 11.6. The predicted molar refractivity (Wildman–Crippen MR) is 91.4 cm³/mol. The van der Waals surface area contributed by atoms with Gasteiger partial charge in [-0.05, 0) is 30.7 Å². The average molecular weight is 330 g/mol. The first-order chi connectivity index (χ1) is 9.87. The van der Waals surface area contributed by atoms with Crippen molar-refractivity contribution in [3.8, 4) is 5.75 Å². The van der Waals surface area contributed by atoms with Crippen LogP contribution in [-0.2, 0) is 4.79 Å². The van der Waals surface area contributed by atoms with E-state index in [1.807, 2.05) is 23.9 Å². The molecule has 0 bridgehead atoms. The fourth-order valence-electron chi connectivity index (χ4n) is 1.59. The first-order valence-electron chi connectivity index (χ1n) is 7.16. The number of carbonyl (C=O) groups excluding carboxylic acids is 1. The summed E-state index contributed by atoms with van der Waals surface area (Å²) in [4.78, 5) is 11.6. The van der Waals surface area contributed by atoms with Crippen molar-refractivity contribution in [1.29, 1.82) is 0 Å². The molecule has 21 heavy (non-hydrogen) atoms. The molecule has 0 heterocycles. The van der Waals surface area contributed by atoms with E-state index < -0.39 is 0 Å². The van der Waals surface area contributed by atoms with Crippen LogP contribution in [0.1, 0.15) is 33.6 Å². The van der Waals surface area contributed by atoms with Crippen LogP contribution >= 0.6 is 23.4 Å². The van der Waals surface area contributed by atoms with Gasteiger partial charge in [-0.15, -0.1) is 0 Å². The number of ether oxygens (including phenoxy) is 1. The molecule has 5 heteroatoms. The third-order valence-electron chi connectivity index (χ3n) is 2.59. The Morgan fingerprint density at radius 2 is 1.95 bits per heavy atom. The lowest BCUT2D eigenvalue weighted by atomic mass is 10.3. The van der Waals surface area contributed by atoms with Gasteiger partial charge in [0, 0.05) is 28.5 Å². The van der Waals surface area contributed by atoms with Crippen molar-refractivity contribution in [3.63, 3.8) is 0 Å². The van der Waals surface area contributed by atoms with Crippen LogP contribution in [0.15, 0.2) is 24.3 Å². The van der Waals surface area contributed by atoms with Crippen molar-refractivity contribution in [3.05, 3.63) is 29.3 Å². The van der Waals surface area contributed by atoms with Crippen LogP contribution in [0, 0.1) is 0 Å². The lowest BCUT2D eigenvalue weighted by Gasteiger charge is -2.17. The Bertz CT molecular complexity index is 429. The Morgan fingerprint density at radius 1 is 1.29 bits per heavy atom. The summed E-state index contributed by atoms with van der Waals surface area (Å²) in [5, 5.41) is 3.62. The SMILES string of the molecule is CC(C)(C)SCCNC(=O)CCCOc1ccc(Cl)cc1. The molecule has 0 saturated heterocycles. The Hall–Kier alpha value is -0.870. The van der Waals surface area contributed by atoms with Gasteiger partial charge in [-0.1, -0.05) is 32.4 Å². The highest BCUT2D eigenvalue weighted by atomic mass is 35.5. The number of halogens is 1. The van der Waals surface area contributed by atoms with Crippen molar-refractivity contribution in [2.24, 2.45) is 0 Å². The molecule has 1 rings (SSSR count). The van der Waals surface area contributed by atoms with Gasteiger partial charge in [0.05, 0.1) is 6.61 Å². The number of benzene rings is 1. The highest BCUT2D eigenvalue weighted by Crippen LogP contribution is 2.22. The van der Waals surface area contributed by atoms with E-state index in [1.54, 1.807) is 12.1 Å². The molecule has 1 amide bonds. The van der Waals surface area contributed by atoms with Gasteiger partial charge in [-0.2, -0.15) is 11.8 Å². The number of amides is 1. The number of thioether (sulfide) groups is 1. The highest BCUT2D eigenvalue weighted by molar-refractivity contribution is 8.00. The topological polar surface area (TPSA) is 38.3 Å². The first-order valence-corrected chi connectivity index (χ1v) is 8.52. The van der Waals surface area contributed by atoms with E-state index in [0.29, 0.717) is 24.5 Å². The summed E-state index contributed by atoms with van der Waals surface area (Å²) in [6.45, 7) is 7.78. The number of hydrogen-bond acceptors (Lipinski definition) is 3. The van der Waals surface area contributed by atoms with Gasteiger partial charge < -0.3 is 10.1 Å². The van der Waals surface area contributed by atoms with Crippen LogP contribution in [0.5, 0.6) is 5.75 Å². The minimum atomic E-state index is 0.0872. The number of carbonyl (C=O) groups is 1. The largest absolute Gasteiger partial charge is 0.494 e. The molecule has 0 unspecified atom stereocenters. The quantitative estimate of drug-likeness (QED) is 0.728. The molecule has 0 aliphatic carbocycles. The molecule has 0 aromatic heterocycles. The number of hydrogen-bond donors (Lipinski definition) is 1. The Kier molecular flexibility index (Phi) is 7.97. The first kappa shape index (κ1) is 18.2. The fourth-order valence-corrected chi connectivity index (χ4v) is 2.53. The lowest BCUT2D eigenvalue weighted by Crippen LogP contribution is -2.27. The van der Waals surface area contributed by atoms with E-state index in [-0.39, 0.29) is 10.7 Å². The summed E-state index contributed by atoms with van der Waals surface area (Å²) in [5.74, 6) is 1.81. The summed E-state index contributed by atoms with van der Waals surface area (Å²) in [7, 11) is 0. The molecule has 0 spiro atoms. The van der Waals surface area contributed by atoms with E-state index in [1.165, 1.54) is 0 Å². The molecule has 1 aromatic carbocycles. The molecule has 118 valence electrons. The number of nitrogens with one attached hydrogen (secondary N) is 1. The van der Waals surface area contributed by atoms with Crippen molar-refractivity contribution in [1.82, 2.24) is 5.32 Å². The third-order valence-corrected chi connectivity index (χ3v) is 4.12. The van der Waals surface area contributed by atoms with Crippen LogP contribution in [0.4, 0.5) is 0 Å². The summed E-state index contributed by atoms with van der Waals surface area (Å²) >= 11 is 7.64. The summed E-state index contributed by atoms with van der Waals surface area (Å²) in [6, 6.07) is 7.23. The van der Waals surface area contributed by atoms with Crippen molar-refractivity contribution < 1.29 is 9.53 Å². The molecule has 1 N–H and O–H groups in total. The summed E-state index contributed by atoms with van der Waals surface area (Å²) < 4.78 is 5.79. The minimum absolute atomic E-state index is 0.0872. The van der Waals surface area contributed by atoms with Gasteiger partial charge in [-0.3, -0.25) is 4.79 Å².